The summed E-state index contributed by atoms with van der Waals surface area (Å²) >= 11 is 1.36. The van der Waals surface area contributed by atoms with E-state index in [0.717, 1.165) is 27.7 Å². The quantitative estimate of drug-likeness (QED) is 0.310. The Balaban J connectivity index is 1.58. The molecule has 2 amide bonds. The molecule has 4 rings (SSSR count). The van der Waals surface area contributed by atoms with Gasteiger partial charge >= 0.3 is 0 Å². The molecule has 0 aliphatic rings. The zero-order valence-electron chi connectivity index (χ0n) is 20.5. The van der Waals surface area contributed by atoms with Crippen molar-refractivity contribution in [1.82, 2.24) is 15.6 Å². The van der Waals surface area contributed by atoms with E-state index in [1.165, 1.54) is 11.3 Å². The zero-order valence-corrected chi connectivity index (χ0v) is 21.4. The van der Waals surface area contributed by atoms with Crippen LogP contribution in [0.25, 0.3) is 10.9 Å². The summed E-state index contributed by atoms with van der Waals surface area (Å²) in [4.78, 5) is 31.9. The van der Waals surface area contributed by atoms with E-state index in [1.807, 2.05) is 57.7 Å². The van der Waals surface area contributed by atoms with Crippen LogP contribution in [0, 0.1) is 5.92 Å². The van der Waals surface area contributed by atoms with Crippen molar-refractivity contribution in [2.45, 2.75) is 25.8 Å². The van der Waals surface area contributed by atoms with Crippen molar-refractivity contribution in [1.29, 1.82) is 0 Å². The molecule has 7 heteroatoms. The third-order valence-corrected chi connectivity index (χ3v) is 7.14. The van der Waals surface area contributed by atoms with Crippen molar-refractivity contribution >= 4 is 39.7 Å². The van der Waals surface area contributed by atoms with Gasteiger partial charge in [0.05, 0.1) is 4.88 Å². The van der Waals surface area contributed by atoms with Gasteiger partial charge in [-0.15, -0.1) is 11.3 Å². The third kappa shape index (κ3) is 5.57. The maximum atomic E-state index is 13.3. The first kappa shape index (κ1) is 24.5. The number of nitrogens with one attached hydrogen (secondary N) is 3. The number of amides is 2. The molecule has 0 spiro atoms. The van der Waals surface area contributed by atoms with Crippen LogP contribution in [-0.4, -0.2) is 43.5 Å². The standard InChI is InChI=1S/C28H32N4O2S/c1-18(2)26(31-27(33)25-10-7-15-35-25)28(34)30-16-22(19-11-13-20(14-12-19)32(3)4)23-17-29-24-9-6-5-8-21(23)24/h5-15,17-18,22,26,29H,16H2,1-4H3,(H,30,34)(H,31,33). The Kier molecular flexibility index (Phi) is 7.56. The molecule has 6 nitrogen and oxygen atoms in total. The molecule has 0 aliphatic heterocycles. The number of aromatic nitrogens is 1. The van der Waals surface area contributed by atoms with Crippen LogP contribution in [0.15, 0.2) is 72.2 Å². The number of para-hydroxylation sites is 1. The van der Waals surface area contributed by atoms with Gasteiger partial charge in [0.15, 0.2) is 0 Å². The average molecular weight is 489 g/mol. The predicted molar refractivity (Wildman–Crippen MR) is 144 cm³/mol. The summed E-state index contributed by atoms with van der Waals surface area (Å²) in [5, 5.41) is 9.03. The highest BCUT2D eigenvalue weighted by Crippen LogP contribution is 2.31. The molecule has 35 heavy (non-hydrogen) atoms. The Labute approximate surface area is 210 Å². The number of rotatable bonds is 9. The molecule has 0 radical (unpaired) electrons. The molecule has 0 fully saturated rings. The highest BCUT2D eigenvalue weighted by atomic mass is 32.1. The first-order chi connectivity index (χ1) is 16.8. The van der Waals surface area contributed by atoms with E-state index in [1.54, 1.807) is 6.07 Å². The zero-order chi connectivity index (χ0) is 24.9. The molecule has 3 N–H and O–H groups in total. The number of nitrogens with zero attached hydrogens (tertiary/aromatic N) is 1. The number of hydrogen-bond acceptors (Lipinski definition) is 4. The Morgan fingerprint density at radius 1 is 1.00 bits per heavy atom. The fourth-order valence-electron chi connectivity index (χ4n) is 4.26. The van der Waals surface area contributed by atoms with Crippen molar-refractivity contribution in [3.05, 3.63) is 88.2 Å². The van der Waals surface area contributed by atoms with Crippen molar-refractivity contribution in [2.24, 2.45) is 5.92 Å². The topological polar surface area (TPSA) is 77.2 Å². The van der Waals surface area contributed by atoms with Crippen LogP contribution in [0.5, 0.6) is 0 Å². The molecule has 0 aliphatic carbocycles. The van der Waals surface area contributed by atoms with Crippen molar-refractivity contribution in [3.8, 4) is 0 Å². The Morgan fingerprint density at radius 3 is 2.40 bits per heavy atom. The molecule has 0 saturated heterocycles. The molecular weight excluding hydrogens is 456 g/mol. The smallest absolute Gasteiger partial charge is 0.262 e. The van der Waals surface area contributed by atoms with Crippen LogP contribution >= 0.6 is 11.3 Å². The van der Waals surface area contributed by atoms with Gasteiger partial charge in [-0.1, -0.05) is 50.2 Å². The minimum atomic E-state index is -0.621. The number of carbonyl (C=O) groups is 2. The Hall–Kier alpha value is -3.58. The predicted octanol–water partition coefficient (Wildman–Crippen LogP) is 5.00. The van der Waals surface area contributed by atoms with Gasteiger partial charge in [0.2, 0.25) is 5.91 Å². The SMILES string of the molecule is CC(C)C(NC(=O)c1cccs1)C(=O)NCC(c1ccc(N(C)C)cc1)c1c[nH]c2ccccc12. The van der Waals surface area contributed by atoms with Gasteiger partial charge in [-0.3, -0.25) is 9.59 Å². The second-order valence-electron chi connectivity index (χ2n) is 9.25. The molecule has 4 aromatic rings. The lowest BCUT2D eigenvalue weighted by Gasteiger charge is -2.24. The molecule has 2 atom stereocenters. The monoisotopic (exact) mass is 488 g/mol. The number of thiophene rings is 1. The van der Waals surface area contributed by atoms with E-state index in [4.69, 9.17) is 0 Å². The summed E-state index contributed by atoms with van der Waals surface area (Å²) < 4.78 is 0. The Morgan fingerprint density at radius 2 is 1.74 bits per heavy atom. The van der Waals surface area contributed by atoms with Gasteiger partial charge in [-0.05, 0) is 46.7 Å². The van der Waals surface area contributed by atoms with Gasteiger partial charge in [0.25, 0.3) is 5.91 Å². The summed E-state index contributed by atoms with van der Waals surface area (Å²) in [6.07, 6.45) is 2.03. The summed E-state index contributed by atoms with van der Waals surface area (Å²) in [5.74, 6) is -0.502. The molecule has 2 aromatic carbocycles. The van der Waals surface area contributed by atoms with E-state index >= 15 is 0 Å². The molecule has 2 unspecified atom stereocenters. The third-order valence-electron chi connectivity index (χ3n) is 6.27. The number of hydrogen-bond donors (Lipinski definition) is 3. The number of H-pyrrole nitrogens is 1. The molecule has 182 valence electrons. The van der Waals surface area contributed by atoms with E-state index in [2.05, 4.69) is 56.9 Å². The molecular formula is C28H32N4O2S. The van der Waals surface area contributed by atoms with Gasteiger partial charge in [-0.2, -0.15) is 0 Å². The number of benzene rings is 2. The molecule has 2 aromatic heterocycles. The summed E-state index contributed by atoms with van der Waals surface area (Å²) in [7, 11) is 4.03. The van der Waals surface area contributed by atoms with Crippen molar-refractivity contribution < 1.29 is 9.59 Å². The fourth-order valence-corrected chi connectivity index (χ4v) is 4.89. The van der Waals surface area contributed by atoms with Crippen LogP contribution in [0.2, 0.25) is 0 Å². The first-order valence-electron chi connectivity index (χ1n) is 11.8. The number of fused-ring (bicyclic) bond motifs is 1. The maximum absolute atomic E-state index is 13.3. The number of anilines is 1. The highest BCUT2D eigenvalue weighted by molar-refractivity contribution is 7.12. The lowest BCUT2D eigenvalue weighted by molar-refractivity contribution is -0.123. The highest BCUT2D eigenvalue weighted by Gasteiger charge is 2.27. The van der Waals surface area contributed by atoms with Crippen molar-refractivity contribution in [3.63, 3.8) is 0 Å². The van der Waals surface area contributed by atoms with Gasteiger partial charge in [0, 0.05) is 49.3 Å². The second-order valence-corrected chi connectivity index (χ2v) is 10.2. The lowest BCUT2D eigenvalue weighted by atomic mass is 9.90. The number of aromatic amines is 1. The van der Waals surface area contributed by atoms with E-state index < -0.39 is 6.04 Å². The fraction of sp³-hybridized carbons (Fsp3) is 0.286. The largest absolute Gasteiger partial charge is 0.378 e. The Bertz CT molecular complexity index is 1280. The maximum Gasteiger partial charge on any atom is 0.262 e. The number of carbonyl (C=O) groups excluding carboxylic acids is 2. The van der Waals surface area contributed by atoms with E-state index in [0.29, 0.717) is 11.4 Å². The van der Waals surface area contributed by atoms with E-state index in [9.17, 15) is 9.59 Å². The van der Waals surface area contributed by atoms with E-state index in [-0.39, 0.29) is 23.7 Å². The van der Waals surface area contributed by atoms with Gasteiger partial charge < -0.3 is 20.5 Å². The van der Waals surface area contributed by atoms with Crippen LogP contribution in [-0.2, 0) is 4.79 Å². The first-order valence-corrected chi connectivity index (χ1v) is 12.7. The second kappa shape index (κ2) is 10.8. The van der Waals surface area contributed by atoms with Crippen LogP contribution in [0.4, 0.5) is 5.69 Å². The van der Waals surface area contributed by atoms with Crippen LogP contribution in [0.1, 0.15) is 40.6 Å². The molecule has 0 bridgehead atoms. The average Bonchev–Trinajstić information content (AvgIpc) is 3.53. The van der Waals surface area contributed by atoms with Gasteiger partial charge in [0.1, 0.15) is 6.04 Å². The summed E-state index contributed by atoms with van der Waals surface area (Å²) in [5.41, 5.74) is 4.42. The van der Waals surface area contributed by atoms with Crippen LogP contribution in [0.3, 0.4) is 0 Å². The lowest BCUT2D eigenvalue weighted by Crippen LogP contribution is -2.50. The van der Waals surface area contributed by atoms with Gasteiger partial charge in [-0.25, -0.2) is 0 Å². The minimum absolute atomic E-state index is 0.0490. The van der Waals surface area contributed by atoms with Crippen LogP contribution < -0.4 is 15.5 Å². The summed E-state index contributed by atoms with van der Waals surface area (Å²) in [6, 6.07) is 19.6. The van der Waals surface area contributed by atoms with Crippen molar-refractivity contribution in [2.75, 3.05) is 25.5 Å². The minimum Gasteiger partial charge on any atom is -0.378 e. The molecule has 0 saturated carbocycles. The normalized spacial score (nSPS) is 12.9. The summed E-state index contributed by atoms with van der Waals surface area (Å²) in [6.45, 7) is 4.30. The molecule has 2 heterocycles.